The molecule has 0 spiro atoms. The van der Waals surface area contributed by atoms with Crippen LogP contribution in [0, 0.1) is 13.8 Å². The molecule has 3 nitrogen and oxygen atoms in total. The maximum atomic E-state index is 4.64. The Morgan fingerprint density at radius 1 is 1.38 bits per heavy atom. The summed E-state index contributed by atoms with van der Waals surface area (Å²) in [6.07, 6.45) is 2.46. The lowest BCUT2D eigenvalue weighted by molar-refractivity contribution is 0.644. The van der Waals surface area contributed by atoms with Crippen molar-refractivity contribution in [2.75, 3.05) is 6.54 Å². The van der Waals surface area contributed by atoms with Gasteiger partial charge in [0.25, 0.3) is 0 Å². The molecule has 1 aliphatic rings. The van der Waals surface area contributed by atoms with E-state index in [1.165, 1.54) is 28.1 Å². The number of aryl methyl sites for hydroxylation is 2. The van der Waals surface area contributed by atoms with Crippen molar-refractivity contribution in [2.24, 2.45) is 0 Å². The van der Waals surface area contributed by atoms with Crippen molar-refractivity contribution in [3.05, 3.63) is 22.3 Å². The SMILES string of the molecule is Cc1cc2sc(C3CCCN3)nc2nc1C. The molecule has 3 rings (SSSR count). The van der Waals surface area contributed by atoms with Gasteiger partial charge in [-0.2, -0.15) is 0 Å². The summed E-state index contributed by atoms with van der Waals surface area (Å²) >= 11 is 1.78. The van der Waals surface area contributed by atoms with Crippen LogP contribution in [0.2, 0.25) is 0 Å². The fourth-order valence-electron chi connectivity index (χ4n) is 2.11. The summed E-state index contributed by atoms with van der Waals surface area (Å²) in [5, 5.41) is 4.68. The van der Waals surface area contributed by atoms with Crippen LogP contribution in [0.3, 0.4) is 0 Å². The topological polar surface area (TPSA) is 37.8 Å². The molecule has 0 saturated carbocycles. The van der Waals surface area contributed by atoms with E-state index in [9.17, 15) is 0 Å². The van der Waals surface area contributed by atoms with Gasteiger partial charge in [-0.25, -0.2) is 9.97 Å². The van der Waals surface area contributed by atoms with Gasteiger partial charge in [-0.15, -0.1) is 11.3 Å². The van der Waals surface area contributed by atoms with E-state index in [-0.39, 0.29) is 0 Å². The van der Waals surface area contributed by atoms with Crippen LogP contribution < -0.4 is 5.32 Å². The summed E-state index contributed by atoms with van der Waals surface area (Å²) in [6.45, 7) is 5.27. The fraction of sp³-hybridized carbons (Fsp3) is 0.500. The van der Waals surface area contributed by atoms with Gasteiger partial charge in [0.05, 0.1) is 10.7 Å². The molecule has 0 aliphatic carbocycles. The predicted molar refractivity (Wildman–Crippen MR) is 66.9 cm³/mol. The minimum absolute atomic E-state index is 0.458. The molecular formula is C12H15N3S. The molecule has 1 aliphatic heterocycles. The van der Waals surface area contributed by atoms with Crippen molar-refractivity contribution < 1.29 is 0 Å². The van der Waals surface area contributed by atoms with Crippen LogP contribution in [0.25, 0.3) is 10.3 Å². The first kappa shape index (κ1) is 10.2. The third-order valence-corrected chi connectivity index (χ3v) is 4.31. The first-order valence-electron chi connectivity index (χ1n) is 5.72. The van der Waals surface area contributed by atoms with Crippen LogP contribution in [0.5, 0.6) is 0 Å². The summed E-state index contributed by atoms with van der Waals surface area (Å²) in [5.74, 6) is 0. The minimum Gasteiger partial charge on any atom is -0.308 e. The van der Waals surface area contributed by atoms with Gasteiger partial charge in [0, 0.05) is 5.69 Å². The molecule has 1 saturated heterocycles. The highest BCUT2D eigenvalue weighted by Gasteiger charge is 2.20. The second-order valence-corrected chi connectivity index (χ2v) is 5.48. The first-order valence-corrected chi connectivity index (χ1v) is 6.54. The Balaban J connectivity index is 2.08. The molecule has 16 heavy (non-hydrogen) atoms. The third-order valence-electron chi connectivity index (χ3n) is 3.20. The highest BCUT2D eigenvalue weighted by atomic mass is 32.1. The largest absolute Gasteiger partial charge is 0.308 e. The van der Waals surface area contributed by atoms with Crippen molar-refractivity contribution in [3.8, 4) is 0 Å². The lowest BCUT2D eigenvalue weighted by Gasteiger charge is -2.03. The van der Waals surface area contributed by atoms with Gasteiger partial charge in [0.2, 0.25) is 0 Å². The number of nitrogens with one attached hydrogen (secondary N) is 1. The number of nitrogens with zero attached hydrogens (tertiary/aromatic N) is 2. The van der Waals surface area contributed by atoms with Crippen LogP contribution in [0.4, 0.5) is 0 Å². The molecule has 1 unspecified atom stereocenters. The third kappa shape index (κ3) is 1.62. The van der Waals surface area contributed by atoms with Crippen LogP contribution in [0.15, 0.2) is 6.07 Å². The summed E-state index contributed by atoms with van der Waals surface area (Å²) in [4.78, 5) is 9.18. The van der Waals surface area contributed by atoms with Gasteiger partial charge >= 0.3 is 0 Å². The molecule has 0 aromatic carbocycles. The van der Waals surface area contributed by atoms with E-state index in [0.717, 1.165) is 17.9 Å². The normalized spacial score (nSPS) is 20.8. The molecule has 1 atom stereocenters. The number of fused-ring (bicyclic) bond motifs is 1. The van der Waals surface area contributed by atoms with Crippen molar-refractivity contribution in [1.29, 1.82) is 0 Å². The van der Waals surface area contributed by atoms with Gasteiger partial charge in [-0.05, 0) is 44.9 Å². The van der Waals surface area contributed by atoms with E-state index in [2.05, 4.69) is 28.3 Å². The average molecular weight is 233 g/mol. The number of pyridine rings is 1. The Morgan fingerprint density at radius 3 is 3.00 bits per heavy atom. The Hall–Kier alpha value is -1.00. The maximum Gasteiger partial charge on any atom is 0.170 e. The molecule has 84 valence electrons. The molecule has 0 bridgehead atoms. The van der Waals surface area contributed by atoms with Gasteiger partial charge in [-0.1, -0.05) is 0 Å². The van der Waals surface area contributed by atoms with E-state index in [1.807, 2.05) is 6.92 Å². The van der Waals surface area contributed by atoms with Crippen LogP contribution in [-0.2, 0) is 0 Å². The van der Waals surface area contributed by atoms with Gasteiger partial charge in [0.1, 0.15) is 5.01 Å². The van der Waals surface area contributed by atoms with E-state index in [0.29, 0.717) is 6.04 Å². The van der Waals surface area contributed by atoms with E-state index < -0.39 is 0 Å². The molecule has 3 heterocycles. The quantitative estimate of drug-likeness (QED) is 0.823. The molecule has 2 aromatic heterocycles. The highest BCUT2D eigenvalue weighted by molar-refractivity contribution is 7.18. The maximum absolute atomic E-state index is 4.64. The minimum atomic E-state index is 0.458. The van der Waals surface area contributed by atoms with Gasteiger partial charge in [-0.3, -0.25) is 0 Å². The van der Waals surface area contributed by atoms with Crippen LogP contribution in [-0.4, -0.2) is 16.5 Å². The van der Waals surface area contributed by atoms with E-state index >= 15 is 0 Å². The van der Waals surface area contributed by atoms with Crippen LogP contribution in [0.1, 0.15) is 35.1 Å². The number of rotatable bonds is 1. The van der Waals surface area contributed by atoms with E-state index in [4.69, 9.17) is 0 Å². The zero-order valence-corrected chi connectivity index (χ0v) is 10.4. The van der Waals surface area contributed by atoms with Crippen molar-refractivity contribution >= 4 is 21.7 Å². The number of hydrogen-bond acceptors (Lipinski definition) is 4. The Bertz CT molecular complexity index is 487. The molecule has 1 fully saturated rings. The summed E-state index contributed by atoms with van der Waals surface area (Å²) in [5.41, 5.74) is 3.25. The number of aromatic nitrogens is 2. The van der Waals surface area contributed by atoms with Crippen molar-refractivity contribution in [3.63, 3.8) is 0 Å². The molecular weight excluding hydrogens is 218 g/mol. The Morgan fingerprint density at radius 2 is 2.25 bits per heavy atom. The Labute approximate surface area is 98.9 Å². The van der Waals surface area contributed by atoms with Gasteiger partial charge < -0.3 is 5.32 Å². The lowest BCUT2D eigenvalue weighted by Crippen LogP contribution is -2.12. The zero-order chi connectivity index (χ0) is 11.1. The lowest BCUT2D eigenvalue weighted by atomic mass is 10.2. The monoisotopic (exact) mass is 233 g/mol. The summed E-state index contributed by atoms with van der Waals surface area (Å²) in [6, 6.07) is 2.66. The zero-order valence-electron chi connectivity index (χ0n) is 9.58. The fourth-order valence-corrected chi connectivity index (χ4v) is 3.23. The summed E-state index contributed by atoms with van der Waals surface area (Å²) in [7, 11) is 0. The highest BCUT2D eigenvalue weighted by Crippen LogP contribution is 2.30. The number of thiazole rings is 1. The van der Waals surface area contributed by atoms with Gasteiger partial charge in [0.15, 0.2) is 5.65 Å². The average Bonchev–Trinajstić information content (AvgIpc) is 2.86. The van der Waals surface area contributed by atoms with E-state index in [1.54, 1.807) is 11.3 Å². The second kappa shape index (κ2) is 3.79. The Kier molecular flexibility index (Phi) is 2.41. The number of hydrogen-bond donors (Lipinski definition) is 1. The molecule has 1 N–H and O–H groups in total. The van der Waals surface area contributed by atoms with Crippen molar-refractivity contribution in [1.82, 2.24) is 15.3 Å². The second-order valence-electron chi connectivity index (χ2n) is 4.41. The van der Waals surface area contributed by atoms with Crippen molar-refractivity contribution in [2.45, 2.75) is 32.7 Å². The molecule has 0 amide bonds. The molecule has 2 aromatic rings. The predicted octanol–water partition coefficient (Wildman–Crippen LogP) is 2.73. The summed E-state index contributed by atoms with van der Waals surface area (Å²) < 4.78 is 1.21. The molecule has 4 heteroatoms. The van der Waals surface area contributed by atoms with Crippen LogP contribution >= 0.6 is 11.3 Å². The standard InChI is InChI=1S/C12H15N3S/c1-7-6-10-11(14-8(7)2)15-12(16-10)9-4-3-5-13-9/h6,9,13H,3-5H2,1-2H3. The smallest absolute Gasteiger partial charge is 0.170 e. The molecule has 0 radical (unpaired) electrons. The first-order chi connectivity index (χ1) is 7.74.